The van der Waals surface area contributed by atoms with E-state index in [0.29, 0.717) is 28.5 Å². The average Bonchev–Trinajstić information content (AvgIpc) is 2.71. The third kappa shape index (κ3) is 6.81. The summed E-state index contributed by atoms with van der Waals surface area (Å²) in [4.78, 5) is 24.6. The third-order valence-corrected chi connectivity index (χ3v) is 5.82. The lowest BCUT2D eigenvalue weighted by atomic mass is 9.95. The Morgan fingerprint density at radius 3 is 2.10 bits per heavy atom. The summed E-state index contributed by atoms with van der Waals surface area (Å²) in [5.74, 6) is -1.04. The first-order valence-corrected chi connectivity index (χ1v) is 12.2. The number of ether oxygens (including phenoxy) is 2. The molecule has 0 atom stereocenters. The summed E-state index contributed by atoms with van der Waals surface area (Å²) in [6.45, 7) is 1.35. The van der Waals surface area contributed by atoms with Gasteiger partial charge in [-0.15, -0.1) is 0 Å². The van der Waals surface area contributed by atoms with Gasteiger partial charge in [0.05, 0.1) is 17.1 Å². The Labute approximate surface area is 184 Å². The second-order valence-corrected chi connectivity index (χ2v) is 9.28. The van der Waals surface area contributed by atoms with Crippen LogP contribution in [0.5, 0.6) is 0 Å². The smallest absolute Gasteiger partial charge is 0.339 e. The highest BCUT2D eigenvalue weighted by atomic mass is 79.9. The summed E-state index contributed by atoms with van der Waals surface area (Å²) in [6.07, 6.45) is 1.77. The van der Waals surface area contributed by atoms with Gasteiger partial charge in [0.15, 0.2) is 9.84 Å². The predicted octanol–water partition coefficient (Wildman–Crippen LogP) is 3.89. The fraction of sp³-hybridized carbons (Fsp3) is 0.273. The van der Waals surface area contributed by atoms with Gasteiger partial charge in [0.2, 0.25) is 0 Å². The molecule has 2 aromatic rings. The molecule has 30 heavy (non-hydrogen) atoms. The highest BCUT2D eigenvalue weighted by Crippen LogP contribution is 2.29. The first-order valence-electron chi connectivity index (χ1n) is 9.19. The molecule has 8 heteroatoms. The van der Waals surface area contributed by atoms with Crippen molar-refractivity contribution in [3.8, 4) is 0 Å². The molecule has 0 aliphatic heterocycles. The first kappa shape index (κ1) is 23.8. The molecular formula is C22H23BrO6S. The van der Waals surface area contributed by atoms with Gasteiger partial charge in [-0.05, 0) is 29.7 Å². The quantitative estimate of drug-likeness (QED) is 0.173. The van der Waals surface area contributed by atoms with Crippen LogP contribution < -0.4 is 0 Å². The third-order valence-electron chi connectivity index (χ3n) is 4.13. The van der Waals surface area contributed by atoms with E-state index in [1.165, 1.54) is 19.1 Å². The van der Waals surface area contributed by atoms with Crippen LogP contribution in [-0.4, -0.2) is 45.2 Å². The molecule has 160 valence electrons. The molecule has 0 radical (unpaired) electrons. The lowest BCUT2D eigenvalue weighted by Gasteiger charge is -2.16. The fourth-order valence-electron chi connectivity index (χ4n) is 2.69. The SMILES string of the molecule is CC(=O)OCC(=C(C(=O)OCCCBr)c1ccccc1)c1ccc(S(C)(=O)=O)cc1. The molecule has 0 aliphatic carbocycles. The highest BCUT2D eigenvalue weighted by molar-refractivity contribution is 9.09. The van der Waals surface area contributed by atoms with Crippen molar-refractivity contribution in [3.05, 3.63) is 65.7 Å². The molecule has 0 aromatic heterocycles. The number of rotatable bonds is 9. The van der Waals surface area contributed by atoms with Crippen LogP contribution in [0.25, 0.3) is 11.1 Å². The zero-order chi connectivity index (χ0) is 22.1. The number of benzene rings is 2. The van der Waals surface area contributed by atoms with E-state index >= 15 is 0 Å². The molecule has 0 unspecified atom stereocenters. The second kappa shape index (κ2) is 11.1. The molecule has 2 aromatic carbocycles. The van der Waals surface area contributed by atoms with Crippen LogP contribution >= 0.6 is 15.9 Å². The van der Waals surface area contributed by atoms with E-state index in [9.17, 15) is 18.0 Å². The molecule has 0 N–H and O–H groups in total. The average molecular weight is 495 g/mol. The van der Waals surface area contributed by atoms with Gasteiger partial charge < -0.3 is 9.47 Å². The molecular weight excluding hydrogens is 472 g/mol. The van der Waals surface area contributed by atoms with Gasteiger partial charge in [-0.1, -0.05) is 58.4 Å². The minimum atomic E-state index is -3.37. The van der Waals surface area contributed by atoms with E-state index in [-0.39, 0.29) is 23.7 Å². The summed E-state index contributed by atoms with van der Waals surface area (Å²) in [6, 6.07) is 15.0. The first-order chi connectivity index (χ1) is 14.2. The van der Waals surface area contributed by atoms with Crippen molar-refractivity contribution in [2.75, 3.05) is 24.8 Å². The van der Waals surface area contributed by atoms with E-state index in [1.54, 1.807) is 36.4 Å². The van der Waals surface area contributed by atoms with Gasteiger partial charge in [-0.3, -0.25) is 4.79 Å². The fourth-order valence-corrected chi connectivity index (χ4v) is 3.55. The molecule has 0 bridgehead atoms. The van der Waals surface area contributed by atoms with Gasteiger partial charge in [-0.25, -0.2) is 13.2 Å². The van der Waals surface area contributed by atoms with Crippen LogP contribution in [-0.2, 0) is 28.9 Å². The monoisotopic (exact) mass is 494 g/mol. The van der Waals surface area contributed by atoms with Gasteiger partial charge in [0.25, 0.3) is 0 Å². The van der Waals surface area contributed by atoms with Crippen LogP contribution in [0, 0.1) is 0 Å². The van der Waals surface area contributed by atoms with E-state index in [1.807, 2.05) is 6.07 Å². The molecule has 0 aliphatic rings. The van der Waals surface area contributed by atoms with Crippen LogP contribution in [0.3, 0.4) is 0 Å². The van der Waals surface area contributed by atoms with Crippen LogP contribution in [0.2, 0.25) is 0 Å². The Morgan fingerprint density at radius 1 is 0.933 bits per heavy atom. The lowest BCUT2D eigenvalue weighted by molar-refractivity contribution is -0.140. The summed E-state index contributed by atoms with van der Waals surface area (Å²) in [7, 11) is -3.37. The second-order valence-electron chi connectivity index (χ2n) is 6.47. The number of halogens is 1. The number of hydrogen-bond donors (Lipinski definition) is 0. The highest BCUT2D eigenvalue weighted by Gasteiger charge is 2.22. The number of carbonyl (C=O) groups excluding carboxylic acids is 2. The molecule has 0 saturated heterocycles. The Kier molecular flexibility index (Phi) is 8.80. The number of hydrogen-bond acceptors (Lipinski definition) is 6. The molecule has 0 saturated carbocycles. The molecule has 6 nitrogen and oxygen atoms in total. The molecule has 0 heterocycles. The van der Waals surface area contributed by atoms with Crippen LogP contribution in [0.4, 0.5) is 0 Å². The van der Waals surface area contributed by atoms with Crippen molar-refractivity contribution >= 4 is 48.9 Å². The van der Waals surface area contributed by atoms with Crippen LogP contribution in [0.1, 0.15) is 24.5 Å². The molecule has 0 spiro atoms. The maximum atomic E-state index is 13.0. The summed E-state index contributed by atoms with van der Waals surface area (Å²) in [5, 5.41) is 0.692. The van der Waals surface area contributed by atoms with Crippen LogP contribution in [0.15, 0.2) is 59.5 Å². The Morgan fingerprint density at radius 2 is 1.57 bits per heavy atom. The zero-order valence-electron chi connectivity index (χ0n) is 16.8. The number of esters is 2. The van der Waals surface area contributed by atoms with Crippen molar-refractivity contribution in [2.24, 2.45) is 0 Å². The standard InChI is InChI=1S/C22H23BrO6S/c1-16(24)29-15-20(17-9-11-19(12-10-17)30(2,26)27)21(18-7-4-3-5-8-18)22(25)28-14-6-13-23/h3-5,7-12H,6,13-15H2,1-2H3. The zero-order valence-corrected chi connectivity index (χ0v) is 19.2. The van der Waals surface area contributed by atoms with Gasteiger partial charge in [0, 0.05) is 24.1 Å². The summed E-state index contributed by atoms with van der Waals surface area (Å²) in [5.41, 5.74) is 1.86. The van der Waals surface area contributed by atoms with Crippen molar-refractivity contribution in [1.82, 2.24) is 0 Å². The lowest BCUT2D eigenvalue weighted by Crippen LogP contribution is -2.14. The Balaban J connectivity index is 2.62. The minimum Gasteiger partial charge on any atom is -0.462 e. The largest absolute Gasteiger partial charge is 0.462 e. The van der Waals surface area contributed by atoms with Gasteiger partial charge in [0.1, 0.15) is 6.61 Å². The summed E-state index contributed by atoms with van der Waals surface area (Å²) < 4.78 is 34.2. The van der Waals surface area contributed by atoms with Gasteiger partial charge in [-0.2, -0.15) is 0 Å². The van der Waals surface area contributed by atoms with Crippen molar-refractivity contribution in [3.63, 3.8) is 0 Å². The topological polar surface area (TPSA) is 86.7 Å². The minimum absolute atomic E-state index is 0.152. The van der Waals surface area contributed by atoms with E-state index in [4.69, 9.17) is 9.47 Å². The van der Waals surface area contributed by atoms with E-state index in [2.05, 4.69) is 15.9 Å². The number of carbonyl (C=O) groups is 2. The predicted molar refractivity (Wildman–Crippen MR) is 119 cm³/mol. The van der Waals surface area contributed by atoms with Crippen molar-refractivity contribution < 1.29 is 27.5 Å². The van der Waals surface area contributed by atoms with Crippen molar-refractivity contribution in [2.45, 2.75) is 18.2 Å². The van der Waals surface area contributed by atoms with Crippen molar-refractivity contribution in [1.29, 1.82) is 0 Å². The van der Waals surface area contributed by atoms with E-state index < -0.39 is 21.8 Å². The Bertz CT molecular complexity index is 1010. The maximum absolute atomic E-state index is 13.0. The summed E-state index contributed by atoms with van der Waals surface area (Å²) >= 11 is 3.30. The van der Waals surface area contributed by atoms with E-state index in [0.717, 1.165) is 6.26 Å². The number of alkyl halides is 1. The van der Waals surface area contributed by atoms with Gasteiger partial charge >= 0.3 is 11.9 Å². The normalized spacial score (nSPS) is 12.1. The molecule has 0 amide bonds. The number of sulfone groups is 1. The Hall–Kier alpha value is -2.45. The molecule has 2 rings (SSSR count). The maximum Gasteiger partial charge on any atom is 0.339 e. The molecule has 0 fully saturated rings.